The molecule has 0 radical (unpaired) electrons. The highest BCUT2D eigenvalue weighted by Crippen LogP contribution is 2.25. The van der Waals surface area contributed by atoms with Gasteiger partial charge in [-0.3, -0.25) is 9.59 Å². The maximum atomic E-state index is 13.4. The number of benzene rings is 3. The highest BCUT2D eigenvalue weighted by Gasteiger charge is 2.21. The van der Waals surface area contributed by atoms with Crippen LogP contribution >= 0.6 is 11.6 Å². The molecule has 1 heterocycles. The summed E-state index contributed by atoms with van der Waals surface area (Å²) in [4.78, 5) is 30.7. The number of anilines is 1. The van der Waals surface area contributed by atoms with Crippen molar-refractivity contribution in [2.45, 2.75) is 20.4 Å². The molecule has 150 valence electrons. The second kappa shape index (κ2) is 8.17. The molecule has 0 aliphatic heterocycles. The Morgan fingerprint density at radius 3 is 2.47 bits per heavy atom. The van der Waals surface area contributed by atoms with Crippen LogP contribution in [0, 0.1) is 13.8 Å². The number of carbonyl (C=O) groups excluding carboxylic acids is 1. The summed E-state index contributed by atoms with van der Waals surface area (Å²) in [5.41, 5.74) is 4.30. The first kappa shape index (κ1) is 19.9. The Morgan fingerprint density at radius 2 is 1.70 bits per heavy atom. The summed E-state index contributed by atoms with van der Waals surface area (Å²) in [5, 5.41) is 1.31. The normalized spacial score (nSPS) is 10.9. The number of aromatic nitrogens is 1. The van der Waals surface area contributed by atoms with Crippen LogP contribution in [0.1, 0.15) is 27.0 Å². The number of aryl methyl sites for hydroxylation is 2. The molecule has 0 bridgehead atoms. The van der Waals surface area contributed by atoms with E-state index in [0.717, 1.165) is 22.0 Å². The fourth-order valence-electron chi connectivity index (χ4n) is 3.52. The summed E-state index contributed by atoms with van der Waals surface area (Å²) in [7, 11) is 0. The molecule has 0 fully saturated rings. The lowest BCUT2D eigenvalue weighted by Gasteiger charge is -2.24. The minimum Gasteiger partial charge on any atom is -0.322 e. The zero-order valence-electron chi connectivity index (χ0n) is 16.8. The summed E-state index contributed by atoms with van der Waals surface area (Å²) < 4.78 is 0. The quantitative estimate of drug-likeness (QED) is 0.467. The summed E-state index contributed by atoms with van der Waals surface area (Å²) in [6, 6.07) is 22.3. The number of H-pyrrole nitrogens is 1. The van der Waals surface area contributed by atoms with Crippen LogP contribution in [0.25, 0.3) is 10.9 Å². The third-order valence-corrected chi connectivity index (χ3v) is 5.40. The number of rotatable bonds is 4. The monoisotopic (exact) mass is 416 g/mol. The van der Waals surface area contributed by atoms with Gasteiger partial charge in [0.15, 0.2) is 0 Å². The van der Waals surface area contributed by atoms with Crippen LogP contribution < -0.4 is 10.5 Å². The van der Waals surface area contributed by atoms with Gasteiger partial charge in [-0.15, -0.1) is 0 Å². The molecule has 0 atom stereocenters. The molecule has 1 N–H and O–H groups in total. The molecule has 0 unspecified atom stereocenters. The number of halogens is 1. The van der Waals surface area contributed by atoms with Crippen LogP contribution in [0.5, 0.6) is 0 Å². The van der Waals surface area contributed by atoms with Crippen molar-refractivity contribution in [3.05, 3.63) is 110 Å². The predicted octanol–water partition coefficient (Wildman–Crippen LogP) is 5.65. The summed E-state index contributed by atoms with van der Waals surface area (Å²) >= 11 is 6.30. The van der Waals surface area contributed by atoms with Gasteiger partial charge in [-0.2, -0.15) is 0 Å². The topological polar surface area (TPSA) is 53.2 Å². The molecule has 4 nitrogen and oxygen atoms in total. The molecule has 30 heavy (non-hydrogen) atoms. The zero-order chi connectivity index (χ0) is 21.3. The number of carbonyl (C=O) groups is 1. The minimum atomic E-state index is -0.255. The summed E-state index contributed by atoms with van der Waals surface area (Å²) in [6.45, 7) is 4.10. The van der Waals surface area contributed by atoms with Gasteiger partial charge < -0.3 is 9.88 Å². The molecular weight excluding hydrogens is 396 g/mol. The molecule has 5 heteroatoms. The minimum absolute atomic E-state index is 0.132. The van der Waals surface area contributed by atoms with Crippen LogP contribution in [-0.4, -0.2) is 10.9 Å². The van der Waals surface area contributed by atoms with E-state index in [9.17, 15) is 9.59 Å². The van der Waals surface area contributed by atoms with E-state index in [1.54, 1.807) is 29.2 Å². The number of aromatic amines is 1. The van der Waals surface area contributed by atoms with Gasteiger partial charge in [-0.25, -0.2) is 0 Å². The fourth-order valence-corrected chi connectivity index (χ4v) is 3.73. The van der Waals surface area contributed by atoms with E-state index in [4.69, 9.17) is 11.6 Å². The largest absolute Gasteiger partial charge is 0.322 e. The van der Waals surface area contributed by atoms with Gasteiger partial charge in [0.25, 0.3) is 11.5 Å². The Labute approximate surface area is 179 Å². The van der Waals surface area contributed by atoms with E-state index in [2.05, 4.69) is 4.98 Å². The van der Waals surface area contributed by atoms with Crippen molar-refractivity contribution in [2.24, 2.45) is 0 Å². The van der Waals surface area contributed by atoms with Gasteiger partial charge in [0, 0.05) is 16.8 Å². The van der Waals surface area contributed by atoms with Crippen molar-refractivity contribution >= 4 is 34.1 Å². The lowest BCUT2D eigenvalue weighted by Crippen LogP contribution is -2.33. The fraction of sp³-hybridized carbons (Fsp3) is 0.120. The Kier molecular flexibility index (Phi) is 5.42. The smallest absolute Gasteiger partial charge is 0.260 e. The first-order valence-corrected chi connectivity index (χ1v) is 10.1. The third kappa shape index (κ3) is 4.00. The molecule has 0 spiro atoms. The standard InChI is InChI=1S/C25H21ClN2O2/c1-16-6-5-7-20(13-16)28(25(30)21-8-3-4-9-22(21)26)15-19-14-18-12-17(2)10-11-23(18)27-24(19)29/h3-14H,15H2,1-2H3,(H,27,29). The van der Waals surface area contributed by atoms with Crippen molar-refractivity contribution in [2.75, 3.05) is 4.90 Å². The molecule has 1 amide bonds. The lowest BCUT2D eigenvalue weighted by molar-refractivity contribution is 0.0985. The van der Waals surface area contributed by atoms with E-state index in [-0.39, 0.29) is 18.0 Å². The molecule has 4 aromatic rings. The first-order chi connectivity index (χ1) is 14.4. The molecule has 0 saturated carbocycles. The Hall–Kier alpha value is -3.37. The highest BCUT2D eigenvalue weighted by molar-refractivity contribution is 6.34. The van der Waals surface area contributed by atoms with Crippen LogP contribution in [0.4, 0.5) is 5.69 Å². The number of pyridine rings is 1. The van der Waals surface area contributed by atoms with Crippen molar-refractivity contribution in [3.8, 4) is 0 Å². The van der Waals surface area contributed by atoms with Crippen LogP contribution in [0.3, 0.4) is 0 Å². The second-order valence-electron chi connectivity index (χ2n) is 7.42. The molecular formula is C25H21ClN2O2. The number of nitrogens with zero attached hydrogens (tertiary/aromatic N) is 1. The highest BCUT2D eigenvalue weighted by atomic mass is 35.5. The zero-order valence-corrected chi connectivity index (χ0v) is 17.5. The van der Waals surface area contributed by atoms with Crippen LogP contribution in [-0.2, 0) is 6.54 Å². The SMILES string of the molecule is Cc1cccc(N(Cc2cc3cc(C)ccc3[nH]c2=O)C(=O)c2ccccc2Cl)c1. The van der Waals surface area contributed by atoms with Crippen molar-refractivity contribution < 1.29 is 4.79 Å². The molecule has 3 aromatic carbocycles. The van der Waals surface area contributed by atoms with Gasteiger partial charge in [0.05, 0.1) is 17.1 Å². The van der Waals surface area contributed by atoms with E-state index in [1.165, 1.54) is 0 Å². The number of amides is 1. The number of fused-ring (bicyclic) bond motifs is 1. The molecule has 0 saturated heterocycles. The van der Waals surface area contributed by atoms with E-state index in [1.807, 2.05) is 62.4 Å². The maximum Gasteiger partial charge on any atom is 0.260 e. The summed E-state index contributed by atoms with van der Waals surface area (Å²) in [5.74, 6) is -0.255. The molecule has 1 aromatic heterocycles. The first-order valence-electron chi connectivity index (χ1n) is 9.68. The number of nitrogens with one attached hydrogen (secondary N) is 1. The maximum absolute atomic E-state index is 13.4. The second-order valence-corrected chi connectivity index (χ2v) is 7.83. The lowest BCUT2D eigenvalue weighted by atomic mass is 10.1. The summed E-state index contributed by atoms with van der Waals surface area (Å²) in [6.07, 6.45) is 0. The van der Waals surface area contributed by atoms with Gasteiger partial charge in [0.1, 0.15) is 0 Å². The van der Waals surface area contributed by atoms with Crippen molar-refractivity contribution in [1.29, 1.82) is 0 Å². The van der Waals surface area contributed by atoms with E-state index in [0.29, 0.717) is 21.8 Å². The van der Waals surface area contributed by atoms with Gasteiger partial charge in [0.2, 0.25) is 0 Å². The molecule has 4 rings (SSSR count). The Bertz CT molecular complexity index is 1310. The predicted molar refractivity (Wildman–Crippen MR) is 122 cm³/mol. The van der Waals surface area contributed by atoms with Crippen molar-refractivity contribution in [1.82, 2.24) is 4.98 Å². The number of hydrogen-bond donors (Lipinski definition) is 1. The Balaban J connectivity index is 1.82. The van der Waals surface area contributed by atoms with E-state index >= 15 is 0 Å². The van der Waals surface area contributed by atoms with E-state index < -0.39 is 0 Å². The van der Waals surface area contributed by atoms with Gasteiger partial charge in [-0.1, -0.05) is 47.5 Å². The van der Waals surface area contributed by atoms with Crippen molar-refractivity contribution in [3.63, 3.8) is 0 Å². The van der Waals surface area contributed by atoms with Crippen LogP contribution in [0.2, 0.25) is 5.02 Å². The van der Waals surface area contributed by atoms with Gasteiger partial charge >= 0.3 is 0 Å². The third-order valence-electron chi connectivity index (χ3n) is 5.07. The molecule has 0 aliphatic rings. The average molecular weight is 417 g/mol. The average Bonchev–Trinajstić information content (AvgIpc) is 2.72. The number of hydrogen-bond acceptors (Lipinski definition) is 2. The molecule has 0 aliphatic carbocycles. The van der Waals surface area contributed by atoms with Gasteiger partial charge in [-0.05, 0) is 67.3 Å². The Morgan fingerprint density at radius 1 is 0.933 bits per heavy atom. The van der Waals surface area contributed by atoms with Crippen LogP contribution in [0.15, 0.2) is 77.6 Å².